The van der Waals surface area contributed by atoms with Gasteiger partial charge in [-0.2, -0.15) is 11.3 Å². The van der Waals surface area contributed by atoms with Crippen LogP contribution < -0.4 is 0 Å². The number of thiazole rings is 1. The van der Waals surface area contributed by atoms with Crippen LogP contribution in [0.5, 0.6) is 0 Å². The second-order valence-corrected chi connectivity index (χ2v) is 7.55. The summed E-state index contributed by atoms with van der Waals surface area (Å²) in [5, 5.41) is 15.1. The van der Waals surface area contributed by atoms with E-state index in [0.29, 0.717) is 18.0 Å². The molecule has 0 aromatic carbocycles. The molecule has 2 aromatic heterocycles. The molecule has 1 aliphatic rings. The summed E-state index contributed by atoms with van der Waals surface area (Å²) >= 11 is 3.07. The summed E-state index contributed by atoms with van der Waals surface area (Å²) in [6.07, 6.45) is 1.59. The molecule has 1 saturated heterocycles. The van der Waals surface area contributed by atoms with E-state index in [4.69, 9.17) is 0 Å². The van der Waals surface area contributed by atoms with Gasteiger partial charge >= 0.3 is 0 Å². The molecule has 2 aromatic rings. The molecular weight excluding hydrogens is 304 g/mol. The maximum atomic E-state index is 12.7. The van der Waals surface area contributed by atoms with Gasteiger partial charge in [0.2, 0.25) is 0 Å². The maximum Gasteiger partial charge on any atom is 0.265 e. The molecule has 0 radical (unpaired) electrons. The fourth-order valence-electron chi connectivity index (χ4n) is 2.64. The van der Waals surface area contributed by atoms with E-state index < -0.39 is 5.60 Å². The summed E-state index contributed by atoms with van der Waals surface area (Å²) in [4.78, 5) is 19.6. The monoisotopic (exact) mass is 322 g/mol. The minimum Gasteiger partial charge on any atom is -0.388 e. The Labute approximate surface area is 132 Å². The van der Waals surface area contributed by atoms with Gasteiger partial charge in [-0.3, -0.25) is 4.79 Å². The summed E-state index contributed by atoms with van der Waals surface area (Å²) in [5.41, 5.74) is 1.07. The summed E-state index contributed by atoms with van der Waals surface area (Å²) < 4.78 is 0. The van der Waals surface area contributed by atoms with Gasteiger partial charge in [-0.15, -0.1) is 11.3 Å². The first kappa shape index (κ1) is 14.7. The molecule has 0 bridgehead atoms. The molecule has 1 aliphatic heterocycles. The normalized spacial score (nSPS) is 22.5. The first-order valence-corrected chi connectivity index (χ1v) is 8.74. The summed E-state index contributed by atoms with van der Waals surface area (Å²) in [6.45, 7) is 4.78. The van der Waals surface area contributed by atoms with Crippen LogP contribution in [0.4, 0.5) is 0 Å². The topological polar surface area (TPSA) is 53.4 Å². The zero-order valence-electron chi connectivity index (χ0n) is 12.1. The van der Waals surface area contributed by atoms with E-state index >= 15 is 0 Å². The molecule has 3 heterocycles. The molecule has 1 amide bonds. The van der Waals surface area contributed by atoms with Gasteiger partial charge in [-0.1, -0.05) is 0 Å². The highest BCUT2D eigenvalue weighted by atomic mass is 32.1. The lowest BCUT2D eigenvalue weighted by Gasteiger charge is -2.36. The Morgan fingerprint density at radius 1 is 1.52 bits per heavy atom. The molecule has 0 saturated carbocycles. The second-order valence-electron chi connectivity index (χ2n) is 5.77. The van der Waals surface area contributed by atoms with Crippen LogP contribution in [0.3, 0.4) is 0 Å². The fraction of sp³-hybridized carbons (Fsp3) is 0.467. The van der Waals surface area contributed by atoms with Crippen molar-refractivity contribution < 1.29 is 9.90 Å². The smallest absolute Gasteiger partial charge is 0.265 e. The van der Waals surface area contributed by atoms with Crippen LogP contribution in [-0.4, -0.2) is 39.6 Å². The number of aliphatic hydroxyl groups is 1. The lowest BCUT2D eigenvalue weighted by Crippen LogP contribution is -2.48. The summed E-state index contributed by atoms with van der Waals surface area (Å²) in [7, 11) is 0. The van der Waals surface area contributed by atoms with Crippen molar-refractivity contribution in [1.82, 2.24) is 9.88 Å². The summed E-state index contributed by atoms with van der Waals surface area (Å²) in [6, 6.07) is 2.02. The van der Waals surface area contributed by atoms with Crippen LogP contribution >= 0.6 is 22.7 Å². The third kappa shape index (κ3) is 3.02. The van der Waals surface area contributed by atoms with Gasteiger partial charge in [-0.25, -0.2) is 4.98 Å². The van der Waals surface area contributed by atoms with Gasteiger partial charge in [0.25, 0.3) is 5.91 Å². The highest BCUT2D eigenvalue weighted by Gasteiger charge is 2.32. The molecule has 0 spiro atoms. The molecule has 1 N–H and O–H groups in total. The molecule has 3 rings (SSSR count). The van der Waals surface area contributed by atoms with E-state index in [1.54, 1.807) is 23.2 Å². The van der Waals surface area contributed by atoms with Crippen molar-refractivity contribution in [2.24, 2.45) is 0 Å². The fourth-order valence-corrected chi connectivity index (χ4v) is 4.39. The van der Waals surface area contributed by atoms with Crippen LogP contribution in [0.1, 0.15) is 35.1 Å². The zero-order chi connectivity index (χ0) is 15.0. The minimum absolute atomic E-state index is 0.00791. The molecule has 6 heteroatoms. The van der Waals surface area contributed by atoms with Crippen molar-refractivity contribution in [3.8, 4) is 10.6 Å². The number of hydrogen-bond donors (Lipinski definition) is 1. The number of carbonyl (C=O) groups is 1. The SMILES string of the molecule is Cc1nc(-c2ccsc2)sc1C(=O)N1CCCC(C)(O)C1. The number of aryl methyl sites for hydroxylation is 1. The largest absolute Gasteiger partial charge is 0.388 e. The Kier molecular flexibility index (Phi) is 3.86. The molecule has 1 fully saturated rings. The quantitative estimate of drug-likeness (QED) is 0.924. The van der Waals surface area contributed by atoms with Gasteiger partial charge in [0.05, 0.1) is 11.3 Å². The Morgan fingerprint density at radius 2 is 2.33 bits per heavy atom. The summed E-state index contributed by atoms with van der Waals surface area (Å²) in [5.74, 6) is -0.00791. The van der Waals surface area contributed by atoms with Crippen molar-refractivity contribution in [2.45, 2.75) is 32.3 Å². The van der Waals surface area contributed by atoms with E-state index in [9.17, 15) is 9.90 Å². The molecule has 1 atom stereocenters. The number of amides is 1. The van der Waals surface area contributed by atoms with Crippen molar-refractivity contribution in [3.05, 3.63) is 27.4 Å². The van der Waals surface area contributed by atoms with Crippen molar-refractivity contribution in [3.63, 3.8) is 0 Å². The van der Waals surface area contributed by atoms with Crippen LogP contribution in [0, 0.1) is 6.92 Å². The van der Waals surface area contributed by atoms with Crippen molar-refractivity contribution in [2.75, 3.05) is 13.1 Å². The van der Waals surface area contributed by atoms with E-state index in [2.05, 4.69) is 4.98 Å². The Balaban J connectivity index is 1.85. The van der Waals surface area contributed by atoms with Gasteiger partial charge < -0.3 is 10.0 Å². The van der Waals surface area contributed by atoms with E-state index in [1.165, 1.54) is 11.3 Å². The van der Waals surface area contributed by atoms with Crippen LogP contribution in [0.2, 0.25) is 0 Å². The average Bonchev–Trinajstić information content (AvgIpc) is 3.05. The number of aromatic nitrogens is 1. The predicted octanol–water partition coefficient (Wildman–Crippen LogP) is 3.17. The molecule has 21 heavy (non-hydrogen) atoms. The highest BCUT2D eigenvalue weighted by molar-refractivity contribution is 7.17. The molecule has 1 unspecified atom stereocenters. The molecule has 112 valence electrons. The third-order valence-electron chi connectivity index (χ3n) is 3.72. The molecular formula is C15H18N2O2S2. The zero-order valence-corrected chi connectivity index (χ0v) is 13.8. The maximum absolute atomic E-state index is 12.7. The van der Waals surface area contributed by atoms with Gasteiger partial charge in [0, 0.05) is 24.0 Å². The third-order valence-corrected chi connectivity index (χ3v) is 5.60. The Morgan fingerprint density at radius 3 is 3.00 bits per heavy atom. The number of likely N-dealkylation sites (tertiary alicyclic amines) is 1. The number of thiophene rings is 1. The predicted molar refractivity (Wildman–Crippen MR) is 85.9 cm³/mol. The van der Waals surface area contributed by atoms with Crippen LogP contribution in [0.25, 0.3) is 10.6 Å². The van der Waals surface area contributed by atoms with Crippen LogP contribution in [-0.2, 0) is 0 Å². The molecule has 4 nitrogen and oxygen atoms in total. The number of β-amino-alcohol motifs (C(OH)–C–C–N with tert-alkyl or cyclic N) is 1. The van der Waals surface area contributed by atoms with Gasteiger partial charge in [0.15, 0.2) is 0 Å². The highest BCUT2D eigenvalue weighted by Crippen LogP contribution is 2.31. The lowest BCUT2D eigenvalue weighted by atomic mass is 9.95. The van der Waals surface area contributed by atoms with Gasteiger partial charge in [0.1, 0.15) is 9.88 Å². The Hall–Kier alpha value is -1.24. The van der Waals surface area contributed by atoms with Crippen molar-refractivity contribution in [1.29, 1.82) is 0 Å². The number of hydrogen-bond acceptors (Lipinski definition) is 5. The average molecular weight is 322 g/mol. The van der Waals surface area contributed by atoms with Crippen LogP contribution in [0.15, 0.2) is 16.8 Å². The van der Waals surface area contributed by atoms with Crippen molar-refractivity contribution >= 4 is 28.6 Å². The minimum atomic E-state index is -0.775. The Bertz CT molecular complexity index is 647. The first-order valence-electron chi connectivity index (χ1n) is 6.98. The lowest BCUT2D eigenvalue weighted by molar-refractivity contribution is -0.0106. The van der Waals surface area contributed by atoms with E-state index in [-0.39, 0.29) is 5.91 Å². The number of nitrogens with zero attached hydrogens (tertiary/aromatic N) is 2. The second kappa shape index (κ2) is 5.51. The molecule has 0 aliphatic carbocycles. The first-order chi connectivity index (χ1) is 9.96. The van der Waals surface area contributed by atoms with E-state index in [1.807, 2.05) is 23.8 Å². The standard InChI is InChI=1S/C15H18N2O2S2/c1-10-12(21-13(16-10)11-4-7-20-8-11)14(18)17-6-3-5-15(2,19)9-17/h4,7-8,19H,3,5-6,9H2,1-2H3. The number of carbonyl (C=O) groups excluding carboxylic acids is 1. The number of rotatable bonds is 2. The van der Waals surface area contributed by atoms with Gasteiger partial charge in [-0.05, 0) is 38.1 Å². The van der Waals surface area contributed by atoms with E-state index in [0.717, 1.165) is 29.1 Å². The number of piperidine rings is 1.